The van der Waals surface area contributed by atoms with Crippen LogP contribution in [0.4, 0.5) is 0 Å². The summed E-state index contributed by atoms with van der Waals surface area (Å²) >= 11 is 4.08. The van der Waals surface area contributed by atoms with Gasteiger partial charge < -0.3 is 0 Å². The second-order valence-corrected chi connectivity index (χ2v) is 3.34. The maximum atomic E-state index is 4.08. The van der Waals surface area contributed by atoms with Crippen molar-refractivity contribution >= 4 is 30.3 Å². The van der Waals surface area contributed by atoms with E-state index in [-0.39, 0.29) is 0 Å². The van der Waals surface area contributed by atoms with Gasteiger partial charge in [-0.3, -0.25) is 0 Å². The highest BCUT2D eigenvalue weighted by Gasteiger charge is 1.99. The third-order valence-electron chi connectivity index (χ3n) is 1.46. The van der Waals surface area contributed by atoms with Crippen LogP contribution in [0.5, 0.6) is 0 Å². The Morgan fingerprint density at radius 1 is 1.75 bits per heavy atom. The monoisotopic (exact) mass is 148 g/mol. The van der Waals surface area contributed by atoms with Crippen LogP contribution < -0.4 is 0 Å². The van der Waals surface area contributed by atoms with E-state index in [0.29, 0.717) is 0 Å². The van der Waals surface area contributed by atoms with Crippen LogP contribution in [-0.2, 0) is 0 Å². The van der Waals surface area contributed by atoms with Crippen LogP contribution in [0.25, 0.3) is 0 Å². The van der Waals surface area contributed by atoms with Crippen LogP contribution in [0.1, 0.15) is 13.3 Å². The van der Waals surface area contributed by atoms with Crippen molar-refractivity contribution in [2.75, 3.05) is 5.75 Å². The minimum atomic E-state index is 0.887. The highest BCUT2D eigenvalue weighted by atomic mass is 33.1. The van der Waals surface area contributed by atoms with Gasteiger partial charge in [0.2, 0.25) is 0 Å². The van der Waals surface area contributed by atoms with Crippen LogP contribution in [0.15, 0.2) is 0 Å². The van der Waals surface area contributed by atoms with Gasteiger partial charge in [-0.25, -0.2) is 0 Å². The van der Waals surface area contributed by atoms with E-state index in [1.54, 1.807) is 10.8 Å². The zero-order valence-electron chi connectivity index (χ0n) is 5.55. The molecule has 3 heteroatoms. The van der Waals surface area contributed by atoms with Gasteiger partial charge >= 0.3 is 0 Å². The summed E-state index contributed by atoms with van der Waals surface area (Å²) in [5, 5.41) is 0. The molecule has 0 rings (SSSR count). The van der Waals surface area contributed by atoms with Gasteiger partial charge in [0.05, 0.1) is 0 Å². The molecule has 0 aliphatic rings. The minimum Gasteiger partial charge on any atom is -0.111 e. The Morgan fingerprint density at radius 3 is 2.50 bits per heavy atom. The lowest BCUT2D eigenvalue weighted by Crippen LogP contribution is -1.98. The van der Waals surface area contributed by atoms with E-state index in [4.69, 9.17) is 0 Å². The smallest absolute Gasteiger partial charge is 0.101 e. The zero-order chi connectivity index (χ0) is 6.41. The van der Waals surface area contributed by atoms with Gasteiger partial charge in [-0.2, -0.15) is 0 Å². The highest BCUT2D eigenvalue weighted by molar-refractivity contribution is 8.68. The molecule has 0 aromatic carbocycles. The quantitative estimate of drug-likeness (QED) is 0.359. The molecule has 0 unspecified atom stereocenters. The van der Waals surface area contributed by atoms with Crippen molar-refractivity contribution < 1.29 is 0 Å². The van der Waals surface area contributed by atoms with Crippen LogP contribution in [0.2, 0.25) is 6.32 Å². The van der Waals surface area contributed by atoms with E-state index in [9.17, 15) is 0 Å². The van der Waals surface area contributed by atoms with Gasteiger partial charge in [-0.15, -0.1) is 11.7 Å². The van der Waals surface area contributed by atoms with Gasteiger partial charge in [0, 0.05) is 5.75 Å². The van der Waals surface area contributed by atoms with E-state index in [2.05, 4.69) is 26.4 Å². The van der Waals surface area contributed by atoms with Gasteiger partial charge in [0.25, 0.3) is 0 Å². The first-order valence-corrected chi connectivity index (χ1v) is 5.15. The fourth-order valence-corrected chi connectivity index (χ4v) is 1.94. The SMILES string of the molecule is BC[C@H](CC)CSS. The molecule has 1 atom stereocenters. The molecule has 0 nitrogen and oxygen atoms in total. The first kappa shape index (κ1) is 8.76. The van der Waals surface area contributed by atoms with Crippen molar-refractivity contribution in [1.29, 1.82) is 0 Å². The minimum absolute atomic E-state index is 0.887. The summed E-state index contributed by atoms with van der Waals surface area (Å²) in [6.07, 6.45) is 2.59. The van der Waals surface area contributed by atoms with Gasteiger partial charge in [0.1, 0.15) is 7.85 Å². The largest absolute Gasteiger partial charge is 0.111 e. The van der Waals surface area contributed by atoms with Crippen LogP contribution in [0.3, 0.4) is 0 Å². The van der Waals surface area contributed by atoms with Crippen LogP contribution in [0, 0.1) is 5.92 Å². The maximum absolute atomic E-state index is 4.08. The molecule has 0 fully saturated rings. The van der Waals surface area contributed by atoms with Crippen molar-refractivity contribution in [2.24, 2.45) is 5.92 Å². The summed E-state index contributed by atoms with van der Waals surface area (Å²) in [5.74, 6) is 2.09. The molecular formula is C5H13BS2. The Labute approximate surface area is 62.0 Å². The third kappa shape index (κ3) is 3.73. The van der Waals surface area contributed by atoms with Crippen molar-refractivity contribution in [3.63, 3.8) is 0 Å². The Balaban J connectivity index is 3.07. The summed E-state index contributed by atoms with van der Waals surface area (Å²) in [6, 6.07) is 0. The number of hydrogen-bond donors (Lipinski definition) is 1. The molecule has 0 aromatic heterocycles. The molecule has 0 saturated heterocycles. The number of thiol groups is 1. The molecular weight excluding hydrogens is 135 g/mol. The predicted molar refractivity (Wildman–Crippen MR) is 48.6 cm³/mol. The van der Waals surface area contributed by atoms with E-state index in [1.807, 2.05) is 0 Å². The molecule has 0 aliphatic heterocycles. The van der Waals surface area contributed by atoms with Crippen LogP contribution in [-0.4, -0.2) is 13.6 Å². The summed E-state index contributed by atoms with van der Waals surface area (Å²) in [5.41, 5.74) is 0. The average Bonchev–Trinajstić information content (AvgIpc) is 1.83. The molecule has 48 valence electrons. The number of hydrogen-bond acceptors (Lipinski definition) is 2. The average molecular weight is 148 g/mol. The van der Waals surface area contributed by atoms with E-state index >= 15 is 0 Å². The molecule has 0 amide bonds. The fourth-order valence-electron chi connectivity index (χ4n) is 0.630. The fraction of sp³-hybridized carbons (Fsp3) is 1.00. The Kier molecular flexibility index (Phi) is 6.46. The van der Waals surface area contributed by atoms with Crippen molar-refractivity contribution in [2.45, 2.75) is 19.7 Å². The van der Waals surface area contributed by atoms with Gasteiger partial charge in [-0.05, 0) is 5.92 Å². The molecule has 0 aliphatic carbocycles. The highest BCUT2D eigenvalue weighted by Crippen LogP contribution is 2.16. The molecule has 0 bridgehead atoms. The topological polar surface area (TPSA) is 0 Å². The summed E-state index contributed by atoms with van der Waals surface area (Å²) in [7, 11) is 3.89. The Bertz CT molecular complexity index is 45.7. The first-order chi connectivity index (χ1) is 3.85. The lowest BCUT2D eigenvalue weighted by atomic mass is 9.91. The van der Waals surface area contributed by atoms with E-state index < -0.39 is 0 Å². The summed E-state index contributed by atoms with van der Waals surface area (Å²) in [4.78, 5) is 0. The lowest BCUT2D eigenvalue weighted by molar-refractivity contribution is 0.637. The molecule has 0 spiro atoms. The molecule has 0 N–H and O–H groups in total. The van der Waals surface area contributed by atoms with Gasteiger partial charge in [-0.1, -0.05) is 30.5 Å². The molecule has 0 radical (unpaired) electrons. The molecule has 0 saturated carbocycles. The van der Waals surface area contributed by atoms with E-state index in [1.165, 1.54) is 18.5 Å². The first-order valence-electron chi connectivity index (χ1n) is 3.11. The predicted octanol–water partition coefficient (Wildman–Crippen LogP) is 1.64. The molecule has 0 aromatic rings. The third-order valence-corrected chi connectivity index (χ3v) is 2.53. The van der Waals surface area contributed by atoms with Crippen molar-refractivity contribution in [3.8, 4) is 0 Å². The van der Waals surface area contributed by atoms with Crippen molar-refractivity contribution in [1.82, 2.24) is 0 Å². The van der Waals surface area contributed by atoms with E-state index in [0.717, 1.165) is 5.92 Å². The van der Waals surface area contributed by atoms with Gasteiger partial charge in [0.15, 0.2) is 0 Å². The standard InChI is InChI=1S/C5H13BS2/c1-2-5(3-6)4-8-7/h5,7H,2-4,6H2,1H3/t5-/m0/s1. The summed E-state index contributed by atoms with van der Waals surface area (Å²) < 4.78 is 0. The Hall–Kier alpha value is 0.765. The Morgan fingerprint density at radius 2 is 2.38 bits per heavy atom. The maximum Gasteiger partial charge on any atom is 0.101 e. The lowest BCUT2D eigenvalue weighted by Gasteiger charge is -2.07. The number of rotatable bonds is 4. The van der Waals surface area contributed by atoms with Crippen LogP contribution >= 0.6 is 22.5 Å². The second kappa shape index (κ2) is 5.89. The molecule has 0 heterocycles. The zero-order valence-corrected chi connectivity index (χ0v) is 7.27. The molecule has 8 heavy (non-hydrogen) atoms. The van der Waals surface area contributed by atoms with Crippen molar-refractivity contribution in [3.05, 3.63) is 0 Å². The summed E-state index contributed by atoms with van der Waals surface area (Å²) in [6.45, 7) is 2.23. The second-order valence-electron chi connectivity index (χ2n) is 1.98. The normalized spacial score (nSPS) is 13.8.